The lowest BCUT2D eigenvalue weighted by Crippen LogP contribution is -2.12. The molecule has 3 N–H and O–H groups in total. The molecule has 0 unspecified atom stereocenters. The minimum atomic E-state index is -0.743. The molecule has 0 radical (unpaired) electrons. The molecule has 0 fully saturated rings. The van der Waals surface area contributed by atoms with Crippen molar-refractivity contribution in [2.24, 2.45) is 0 Å². The molecule has 0 saturated carbocycles. The normalized spacial score (nSPS) is 10.5. The number of phenols is 3. The molecule has 31 heavy (non-hydrogen) atoms. The zero-order valence-corrected chi connectivity index (χ0v) is 16.2. The van der Waals surface area contributed by atoms with Crippen LogP contribution in [0.15, 0.2) is 66.7 Å². The van der Waals surface area contributed by atoms with Crippen LogP contribution in [0.5, 0.6) is 17.2 Å². The highest BCUT2D eigenvalue weighted by Gasteiger charge is 2.24. The fourth-order valence-corrected chi connectivity index (χ4v) is 3.08. The van der Waals surface area contributed by atoms with Gasteiger partial charge in [0.2, 0.25) is 0 Å². The van der Waals surface area contributed by atoms with E-state index >= 15 is 0 Å². The minimum Gasteiger partial charge on any atom is -0.507 e. The van der Waals surface area contributed by atoms with Crippen molar-refractivity contribution in [1.29, 1.82) is 0 Å². The van der Waals surface area contributed by atoms with Crippen LogP contribution in [0, 0.1) is 0 Å². The minimum absolute atomic E-state index is 0.0316. The summed E-state index contributed by atoms with van der Waals surface area (Å²) in [6.07, 6.45) is -1.25. The predicted octanol–water partition coefficient (Wildman–Crippen LogP) is 3.71. The number of hydrogen-bond donors (Lipinski definition) is 3. The second-order valence-corrected chi connectivity index (χ2v) is 6.78. The molecule has 7 nitrogen and oxygen atoms in total. The van der Waals surface area contributed by atoms with Crippen molar-refractivity contribution in [2.45, 2.75) is 12.8 Å². The maximum Gasteiger partial charge on any atom is 0.174 e. The smallest absolute Gasteiger partial charge is 0.174 e. The summed E-state index contributed by atoms with van der Waals surface area (Å²) < 4.78 is 0. The highest BCUT2D eigenvalue weighted by atomic mass is 16.3. The molecule has 156 valence electrons. The van der Waals surface area contributed by atoms with Gasteiger partial charge in [-0.25, -0.2) is 0 Å². The second-order valence-electron chi connectivity index (χ2n) is 6.78. The summed E-state index contributed by atoms with van der Waals surface area (Å²) in [5, 5.41) is 30.0. The van der Waals surface area contributed by atoms with E-state index in [1.165, 1.54) is 66.7 Å². The molecule has 0 saturated heterocycles. The Bertz CT molecular complexity index is 1100. The van der Waals surface area contributed by atoms with Crippen LogP contribution < -0.4 is 0 Å². The van der Waals surface area contributed by atoms with E-state index < -0.39 is 41.7 Å². The van der Waals surface area contributed by atoms with Crippen LogP contribution in [0.2, 0.25) is 0 Å². The molecule has 0 bridgehead atoms. The van der Waals surface area contributed by atoms with Crippen molar-refractivity contribution in [2.75, 3.05) is 0 Å². The predicted molar refractivity (Wildman–Crippen MR) is 111 cm³/mol. The van der Waals surface area contributed by atoms with E-state index in [9.17, 15) is 34.5 Å². The van der Waals surface area contributed by atoms with Gasteiger partial charge in [-0.2, -0.15) is 0 Å². The molecule has 3 aromatic rings. The first-order chi connectivity index (χ1) is 14.8. The molecule has 0 amide bonds. The van der Waals surface area contributed by atoms with Gasteiger partial charge >= 0.3 is 0 Å². The number of Topliss-reactive ketones (excluding diaryl/α,β-unsaturated/α-hetero) is 4. The Labute approximate surface area is 177 Å². The number of rotatable bonds is 8. The molecule has 0 aliphatic rings. The summed E-state index contributed by atoms with van der Waals surface area (Å²) in [4.78, 5) is 49.7. The van der Waals surface area contributed by atoms with Crippen molar-refractivity contribution in [3.63, 3.8) is 0 Å². The maximum absolute atomic E-state index is 12.5. The number of ketones is 4. The summed E-state index contributed by atoms with van der Waals surface area (Å²) in [6.45, 7) is 0. The lowest BCUT2D eigenvalue weighted by atomic mass is 9.95. The van der Waals surface area contributed by atoms with E-state index in [0.717, 1.165) is 0 Å². The molecule has 0 aliphatic heterocycles. The average Bonchev–Trinajstić information content (AvgIpc) is 2.74. The average molecular weight is 418 g/mol. The first kappa shape index (κ1) is 21.4. The molecule has 0 heterocycles. The Balaban J connectivity index is 1.79. The fourth-order valence-electron chi connectivity index (χ4n) is 3.08. The lowest BCUT2D eigenvalue weighted by molar-refractivity contribution is 0.0880. The zero-order valence-electron chi connectivity index (χ0n) is 16.2. The summed E-state index contributed by atoms with van der Waals surface area (Å²) in [6, 6.07) is 15.4. The van der Waals surface area contributed by atoms with Crippen LogP contribution in [0.1, 0.15) is 54.3 Å². The standard InChI is InChI=1S/C24H18O7/c25-18-10-3-1-6-14(18)20(27)12-22(29)16-8-5-9-17(24(16)31)23(30)13-21(28)15-7-2-4-11-19(15)26/h1-11,25-26,31H,12-13H2. The van der Waals surface area contributed by atoms with Gasteiger partial charge in [-0.05, 0) is 36.4 Å². The highest BCUT2D eigenvalue weighted by Crippen LogP contribution is 2.27. The van der Waals surface area contributed by atoms with Crippen molar-refractivity contribution >= 4 is 23.1 Å². The van der Waals surface area contributed by atoms with Gasteiger partial charge in [0.25, 0.3) is 0 Å². The number of para-hydroxylation sites is 3. The SMILES string of the molecule is O=C(CC(=O)c1cccc(C(=O)CC(=O)c2ccccc2O)c1O)c1ccccc1O. The van der Waals surface area contributed by atoms with Gasteiger partial charge in [0, 0.05) is 0 Å². The van der Waals surface area contributed by atoms with Crippen molar-refractivity contribution in [3.05, 3.63) is 89.0 Å². The van der Waals surface area contributed by atoms with Gasteiger partial charge in [0.15, 0.2) is 23.1 Å². The maximum atomic E-state index is 12.5. The number of benzene rings is 3. The van der Waals surface area contributed by atoms with E-state index in [-0.39, 0.29) is 33.8 Å². The largest absolute Gasteiger partial charge is 0.507 e. The van der Waals surface area contributed by atoms with Crippen LogP contribution in [-0.4, -0.2) is 38.5 Å². The van der Waals surface area contributed by atoms with Crippen LogP contribution >= 0.6 is 0 Å². The monoisotopic (exact) mass is 418 g/mol. The third kappa shape index (κ3) is 4.67. The first-order valence-corrected chi connectivity index (χ1v) is 9.30. The van der Waals surface area contributed by atoms with Gasteiger partial charge in [-0.3, -0.25) is 19.2 Å². The van der Waals surface area contributed by atoms with E-state index in [4.69, 9.17) is 0 Å². The van der Waals surface area contributed by atoms with Gasteiger partial charge in [0.1, 0.15) is 17.2 Å². The quantitative estimate of drug-likeness (QED) is 0.376. The molecule has 0 aromatic heterocycles. The van der Waals surface area contributed by atoms with Crippen LogP contribution in [0.25, 0.3) is 0 Å². The van der Waals surface area contributed by atoms with Gasteiger partial charge in [-0.1, -0.05) is 30.3 Å². The summed E-state index contributed by atoms with van der Waals surface area (Å²) in [5.41, 5.74) is -0.555. The van der Waals surface area contributed by atoms with Crippen LogP contribution in [0.4, 0.5) is 0 Å². The second kappa shape index (κ2) is 9.04. The van der Waals surface area contributed by atoms with Crippen molar-refractivity contribution < 1.29 is 34.5 Å². The molecule has 0 spiro atoms. The van der Waals surface area contributed by atoms with E-state index in [1.807, 2.05) is 0 Å². The number of aromatic hydroxyl groups is 3. The fraction of sp³-hybridized carbons (Fsp3) is 0.0833. The molecule has 3 rings (SSSR count). The number of phenolic OH excluding ortho intramolecular Hbond substituents is 3. The van der Waals surface area contributed by atoms with Gasteiger partial charge < -0.3 is 15.3 Å². The molecular formula is C24H18O7. The molecule has 0 atom stereocenters. The Morgan fingerprint density at radius 3 is 1.19 bits per heavy atom. The van der Waals surface area contributed by atoms with Crippen LogP contribution in [0.3, 0.4) is 0 Å². The Kier molecular flexibility index (Phi) is 6.26. The van der Waals surface area contributed by atoms with E-state index in [2.05, 4.69) is 0 Å². The Morgan fingerprint density at radius 1 is 0.484 bits per heavy atom. The summed E-state index contributed by atoms with van der Waals surface area (Å²) in [5.74, 6) is -3.94. The lowest BCUT2D eigenvalue weighted by Gasteiger charge is -2.09. The van der Waals surface area contributed by atoms with Gasteiger partial charge in [0.05, 0.1) is 35.1 Å². The Hall–Kier alpha value is -4.26. The topological polar surface area (TPSA) is 129 Å². The molecular weight excluding hydrogens is 400 g/mol. The first-order valence-electron chi connectivity index (χ1n) is 9.30. The summed E-state index contributed by atoms with van der Waals surface area (Å²) >= 11 is 0. The number of carbonyl (C=O) groups excluding carboxylic acids is 4. The third-order valence-electron chi connectivity index (χ3n) is 4.69. The number of hydrogen-bond acceptors (Lipinski definition) is 7. The molecule has 3 aromatic carbocycles. The number of carbonyl (C=O) groups is 4. The Morgan fingerprint density at radius 2 is 0.806 bits per heavy atom. The van der Waals surface area contributed by atoms with Crippen LogP contribution in [-0.2, 0) is 0 Å². The van der Waals surface area contributed by atoms with E-state index in [1.54, 1.807) is 0 Å². The molecule has 0 aliphatic carbocycles. The zero-order chi connectivity index (χ0) is 22.5. The molecule has 7 heteroatoms. The van der Waals surface area contributed by atoms with Crippen molar-refractivity contribution in [1.82, 2.24) is 0 Å². The van der Waals surface area contributed by atoms with Crippen molar-refractivity contribution in [3.8, 4) is 17.2 Å². The van der Waals surface area contributed by atoms with E-state index in [0.29, 0.717) is 0 Å². The third-order valence-corrected chi connectivity index (χ3v) is 4.69. The highest BCUT2D eigenvalue weighted by molar-refractivity contribution is 6.18. The summed E-state index contributed by atoms with van der Waals surface area (Å²) in [7, 11) is 0. The van der Waals surface area contributed by atoms with Gasteiger partial charge in [-0.15, -0.1) is 0 Å².